The predicted octanol–water partition coefficient (Wildman–Crippen LogP) is 3.22. The van der Waals surface area contributed by atoms with Gasteiger partial charge in [-0.1, -0.05) is 17.7 Å². The number of carbonyl (C=O) groups excluding carboxylic acids is 1. The number of aromatic nitrogens is 1. The van der Waals surface area contributed by atoms with Crippen molar-refractivity contribution in [3.63, 3.8) is 0 Å². The predicted molar refractivity (Wildman–Crippen MR) is 92.8 cm³/mol. The van der Waals surface area contributed by atoms with Gasteiger partial charge in [-0.3, -0.25) is 4.79 Å². The Bertz CT molecular complexity index is 657. The van der Waals surface area contributed by atoms with Crippen molar-refractivity contribution < 1.29 is 4.79 Å². The Hall–Kier alpha value is -1.63. The highest BCUT2D eigenvalue weighted by Crippen LogP contribution is 2.22. The van der Waals surface area contributed by atoms with Crippen molar-refractivity contribution in [2.24, 2.45) is 0 Å². The molecule has 0 aliphatic carbocycles. The van der Waals surface area contributed by atoms with Gasteiger partial charge in [0.25, 0.3) is 0 Å². The Kier molecular flexibility index (Phi) is 5.76. The highest BCUT2D eigenvalue weighted by molar-refractivity contribution is 7.15. The topological polar surface area (TPSA) is 57.3 Å². The minimum Gasteiger partial charge on any atom is -0.380 e. The average molecular weight is 339 g/mol. The lowest BCUT2D eigenvalue weighted by molar-refractivity contribution is -0.116. The number of likely N-dealkylation sites (N-methyl/N-ethyl adjacent to an activating group) is 1. The number of nitrogens with one attached hydrogen (secondary N) is 2. The van der Waals surface area contributed by atoms with Crippen LogP contribution in [0, 0.1) is 6.92 Å². The maximum absolute atomic E-state index is 11.9. The first-order chi connectivity index (χ1) is 10.4. The fraction of sp³-hybridized carbons (Fsp3) is 0.333. The molecule has 0 aliphatic rings. The number of hydrogen-bond donors (Lipinski definition) is 2. The van der Waals surface area contributed by atoms with Crippen molar-refractivity contribution in [1.29, 1.82) is 0 Å². The van der Waals surface area contributed by atoms with Crippen LogP contribution in [0.15, 0.2) is 24.4 Å². The molecule has 7 heteroatoms. The van der Waals surface area contributed by atoms with Crippen molar-refractivity contribution >= 4 is 40.2 Å². The molecule has 2 rings (SSSR count). The molecule has 0 radical (unpaired) electrons. The summed E-state index contributed by atoms with van der Waals surface area (Å²) < 4.78 is 0.539. The first-order valence-electron chi connectivity index (χ1n) is 6.83. The fourth-order valence-corrected chi connectivity index (χ4v) is 2.82. The van der Waals surface area contributed by atoms with Crippen LogP contribution in [-0.2, 0) is 11.3 Å². The number of benzene rings is 1. The van der Waals surface area contributed by atoms with E-state index in [4.69, 9.17) is 11.6 Å². The maximum atomic E-state index is 11.9. The van der Waals surface area contributed by atoms with Gasteiger partial charge in [0.05, 0.1) is 13.1 Å². The smallest absolute Gasteiger partial charge is 0.238 e. The third-order valence-electron chi connectivity index (χ3n) is 2.96. The third-order valence-corrected chi connectivity index (χ3v) is 4.08. The number of thiazole rings is 1. The SMILES string of the molecule is Cc1ccc(NCc2cnc(Cl)s2)cc1NC(=O)CN(C)C. The number of aryl methyl sites for hydroxylation is 1. The number of carbonyl (C=O) groups is 1. The summed E-state index contributed by atoms with van der Waals surface area (Å²) >= 11 is 7.26. The van der Waals surface area contributed by atoms with Gasteiger partial charge in [-0.25, -0.2) is 4.98 Å². The first-order valence-corrected chi connectivity index (χ1v) is 8.03. The number of anilines is 2. The van der Waals surface area contributed by atoms with Gasteiger partial charge in [0.15, 0.2) is 4.47 Å². The normalized spacial score (nSPS) is 10.8. The lowest BCUT2D eigenvalue weighted by Gasteiger charge is -2.13. The third kappa shape index (κ3) is 4.98. The Morgan fingerprint density at radius 1 is 1.41 bits per heavy atom. The Morgan fingerprint density at radius 3 is 2.82 bits per heavy atom. The van der Waals surface area contributed by atoms with Crippen LogP contribution >= 0.6 is 22.9 Å². The molecule has 2 N–H and O–H groups in total. The number of amides is 1. The van der Waals surface area contributed by atoms with Gasteiger partial charge in [-0.15, -0.1) is 11.3 Å². The zero-order valence-electron chi connectivity index (χ0n) is 12.8. The van der Waals surface area contributed by atoms with E-state index in [2.05, 4.69) is 15.6 Å². The van der Waals surface area contributed by atoms with Crippen LogP contribution in [0.3, 0.4) is 0 Å². The summed E-state index contributed by atoms with van der Waals surface area (Å²) in [5, 5.41) is 6.24. The zero-order chi connectivity index (χ0) is 16.1. The number of halogens is 1. The number of nitrogens with zero attached hydrogens (tertiary/aromatic N) is 2. The van der Waals surface area contributed by atoms with Crippen LogP contribution < -0.4 is 10.6 Å². The van der Waals surface area contributed by atoms with Gasteiger partial charge in [0.1, 0.15) is 0 Å². The second kappa shape index (κ2) is 7.58. The molecule has 22 heavy (non-hydrogen) atoms. The average Bonchev–Trinajstić information content (AvgIpc) is 2.84. The van der Waals surface area contributed by atoms with Gasteiger partial charge >= 0.3 is 0 Å². The maximum Gasteiger partial charge on any atom is 0.238 e. The molecule has 0 atom stereocenters. The van der Waals surface area contributed by atoms with Crippen LogP contribution in [-0.4, -0.2) is 36.4 Å². The van der Waals surface area contributed by atoms with E-state index < -0.39 is 0 Å². The molecule has 2 aromatic rings. The van der Waals surface area contributed by atoms with E-state index in [9.17, 15) is 4.79 Å². The molecule has 0 unspecified atom stereocenters. The minimum atomic E-state index is -0.0283. The van der Waals surface area contributed by atoms with Gasteiger partial charge in [0, 0.05) is 22.4 Å². The molecule has 5 nitrogen and oxygen atoms in total. The summed E-state index contributed by atoms with van der Waals surface area (Å²) in [6, 6.07) is 5.90. The Labute approximate surface area is 139 Å². The van der Waals surface area contributed by atoms with Crippen molar-refractivity contribution in [2.45, 2.75) is 13.5 Å². The molecule has 1 heterocycles. The molecular formula is C15H19ClN4OS. The summed E-state index contributed by atoms with van der Waals surface area (Å²) in [4.78, 5) is 18.8. The van der Waals surface area contributed by atoms with Crippen LogP contribution in [0.1, 0.15) is 10.4 Å². The minimum absolute atomic E-state index is 0.0283. The molecule has 0 fully saturated rings. The molecule has 118 valence electrons. The summed E-state index contributed by atoms with van der Waals surface area (Å²) in [6.07, 6.45) is 1.76. The second-order valence-electron chi connectivity index (χ2n) is 5.25. The largest absolute Gasteiger partial charge is 0.380 e. The van der Waals surface area contributed by atoms with Crippen molar-refractivity contribution in [3.05, 3.63) is 39.3 Å². The van der Waals surface area contributed by atoms with Gasteiger partial charge in [0.2, 0.25) is 5.91 Å². The van der Waals surface area contributed by atoms with Gasteiger partial charge < -0.3 is 15.5 Å². The molecule has 0 saturated heterocycles. The summed E-state index contributed by atoms with van der Waals surface area (Å²) in [5.41, 5.74) is 2.79. The molecule has 0 aliphatic heterocycles. The zero-order valence-corrected chi connectivity index (χ0v) is 14.4. The molecule has 0 bridgehead atoms. The van der Waals surface area contributed by atoms with E-state index in [0.29, 0.717) is 17.6 Å². The molecule has 1 aromatic heterocycles. The van der Waals surface area contributed by atoms with Crippen molar-refractivity contribution in [2.75, 3.05) is 31.3 Å². The monoisotopic (exact) mass is 338 g/mol. The van der Waals surface area contributed by atoms with E-state index in [-0.39, 0.29) is 5.91 Å². The second-order valence-corrected chi connectivity index (χ2v) is 6.95. The van der Waals surface area contributed by atoms with E-state index >= 15 is 0 Å². The van der Waals surface area contributed by atoms with E-state index in [1.807, 2.05) is 44.1 Å². The van der Waals surface area contributed by atoms with E-state index in [1.54, 1.807) is 6.20 Å². The summed E-state index contributed by atoms with van der Waals surface area (Å²) in [6.45, 7) is 2.98. The van der Waals surface area contributed by atoms with E-state index in [1.165, 1.54) is 11.3 Å². The van der Waals surface area contributed by atoms with E-state index in [0.717, 1.165) is 21.8 Å². The summed E-state index contributed by atoms with van der Waals surface area (Å²) in [7, 11) is 3.73. The number of rotatable bonds is 6. The molecular weight excluding hydrogens is 320 g/mol. The van der Waals surface area contributed by atoms with Crippen LogP contribution in [0.4, 0.5) is 11.4 Å². The van der Waals surface area contributed by atoms with Crippen molar-refractivity contribution in [1.82, 2.24) is 9.88 Å². The van der Waals surface area contributed by atoms with Crippen LogP contribution in [0.5, 0.6) is 0 Å². The highest BCUT2D eigenvalue weighted by Gasteiger charge is 2.07. The standard InChI is InChI=1S/C15H19ClN4OS/c1-10-4-5-11(17-7-12-8-18-15(16)22-12)6-13(10)19-14(21)9-20(2)3/h4-6,8,17H,7,9H2,1-3H3,(H,19,21). The highest BCUT2D eigenvalue weighted by atomic mass is 35.5. The quantitative estimate of drug-likeness (QED) is 0.849. The lowest BCUT2D eigenvalue weighted by Crippen LogP contribution is -2.27. The fourth-order valence-electron chi connectivity index (χ4n) is 1.90. The van der Waals surface area contributed by atoms with Crippen molar-refractivity contribution in [3.8, 4) is 0 Å². The number of hydrogen-bond acceptors (Lipinski definition) is 5. The lowest BCUT2D eigenvalue weighted by atomic mass is 10.1. The summed E-state index contributed by atoms with van der Waals surface area (Å²) in [5.74, 6) is -0.0283. The molecule has 0 saturated carbocycles. The Morgan fingerprint density at radius 2 is 2.18 bits per heavy atom. The van der Waals surface area contributed by atoms with Crippen LogP contribution in [0.2, 0.25) is 4.47 Å². The van der Waals surface area contributed by atoms with Gasteiger partial charge in [-0.05, 0) is 38.7 Å². The molecule has 1 aromatic carbocycles. The molecule has 0 spiro atoms. The Balaban J connectivity index is 2.01. The first kappa shape index (κ1) is 16.7. The van der Waals surface area contributed by atoms with Crippen LogP contribution in [0.25, 0.3) is 0 Å². The van der Waals surface area contributed by atoms with Gasteiger partial charge in [-0.2, -0.15) is 0 Å². The molecule has 1 amide bonds.